The fourth-order valence-electron chi connectivity index (χ4n) is 4.26. The van der Waals surface area contributed by atoms with Gasteiger partial charge in [-0.1, -0.05) is 6.07 Å². The molecule has 0 aliphatic heterocycles. The van der Waals surface area contributed by atoms with E-state index in [0.29, 0.717) is 36.2 Å². The number of sulfone groups is 1. The molecular weight excluding hydrogens is 560 g/mol. The number of aromatic nitrogens is 6. The monoisotopic (exact) mass is 586 g/mol. The fourth-order valence-corrected chi connectivity index (χ4v) is 5.75. The largest absolute Gasteiger partial charge is 0.439 e. The topological polar surface area (TPSA) is 136 Å². The van der Waals surface area contributed by atoms with E-state index in [0.717, 1.165) is 37.5 Å². The lowest BCUT2D eigenvalue weighted by atomic mass is 10.1. The van der Waals surface area contributed by atoms with Crippen LogP contribution in [0, 0.1) is 6.92 Å². The van der Waals surface area contributed by atoms with Gasteiger partial charge in [0, 0.05) is 46.2 Å². The summed E-state index contributed by atoms with van der Waals surface area (Å²) in [5.41, 5.74) is 4.33. The number of anilines is 2. The summed E-state index contributed by atoms with van der Waals surface area (Å²) < 4.78 is 30.4. The second-order valence-electron chi connectivity index (χ2n) is 9.56. The zero-order chi connectivity index (χ0) is 28.4. The number of hydrogen-bond acceptors (Lipinski definition) is 11. The Bertz CT molecular complexity index is 1970. The van der Waals surface area contributed by atoms with Crippen molar-refractivity contribution in [1.29, 1.82) is 0 Å². The van der Waals surface area contributed by atoms with E-state index in [-0.39, 0.29) is 5.75 Å². The van der Waals surface area contributed by atoms with Gasteiger partial charge in [-0.25, -0.2) is 23.4 Å². The van der Waals surface area contributed by atoms with Gasteiger partial charge in [-0.3, -0.25) is 4.40 Å². The van der Waals surface area contributed by atoms with Gasteiger partial charge in [-0.15, -0.1) is 21.5 Å². The minimum Gasteiger partial charge on any atom is -0.439 e. The van der Waals surface area contributed by atoms with Crippen LogP contribution in [0.1, 0.15) is 10.4 Å². The van der Waals surface area contributed by atoms with Crippen LogP contribution in [-0.2, 0) is 16.4 Å². The summed E-state index contributed by atoms with van der Waals surface area (Å²) in [6.07, 6.45) is 5.99. The Kier molecular flexibility index (Phi) is 7.30. The van der Waals surface area contributed by atoms with Gasteiger partial charge >= 0.3 is 0 Å². The molecule has 0 amide bonds. The Morgan fingerprint density at radius 1 is 1.00 bits per heavy atom. The molecule has 0 spiro atoms. The van der Waals surface area contributed by atoms with Crippen LogP contribution in [0.15, 0.2) is 73.6 Å². The highest BCUT2D eigenvalue weighted by molar-refractivity contribution is 7.90. The molecule has 0 unspecified atom stereocenters. The van der Waals surface area contributed by atoms with Crippen molar-refractivity contribution in [2.24, 2.45) is 0 Å². The van der Waals surface area contributed by atoms with Crippen LogP contribution in [0.5, 0.6) is 11.6 Å². The Morgan fingerprint density at radius 3 is 2.76 bits per heavy atom. The van der Waals surface area contributed by atoms with Gasteiger partial charge in [-0.05, 0) is 60.5 Å². The van der Waals surface area contributed by atoms with Gasteiger partial charge in [0.1, 0.15) is 40.4 Å². The normalized spacial score (nSPS) is 11.8. The Labute approximate surface area is 240 Å². The first-order valence-corrected chi connectivity index (χ1v) is 15.6. The summed E-state index contributed by atoms with van der Waals surface area (Å²) in [4.78, 5) is 15.5. The highest BCUT2D eigenvalue weighted by Gasteiger charge is 2.11. The average Bonchev–Trinajstić information content (AvgIpc) is 3.62. The third-order valence-corrected chi connectivity index (χ3v) is 8.43. The number of hydrogen-bond donors (Lipinski definition) is 2. The summed E-state index contributed by atoms with van der Waals surface area (Å²) in [6.45, 7) is 3.02. The van der Waals surface area contributed by atoms with Gasteiger partial charge in [0.2, 0.25) is 5.88 Å². The summed E-state index contributed by atoms with van der Waals surface area (Å²) in [6, 6.07) is 17.8. The van der Waals surface area contributed by atoms with Crippen LogP contribution in [0.25, 0.3) is 27.0 Å². The van der Waals surface area contributed by atoms with Crippen LogP contribution < -0.4 is 15.4 Å². The van der Waals surface area contributed by atoms with Gasteiger partial charge in [0.25, 0.3) is 0 Å². The lowest BCUT2D eigenvalue weighted by Gasteiger charge is -2.12. The first kappa shape index (κ1) is 26.7. The van der Waals surface area contributed by atoms with Crippen molar-refractivity contribution >= 4 is 49.2 Å². The van der Waals surface area contributed by atoms with E-state index in [1.54, 1.807) is 40.8 Å². The summed E-state index contributed by atoms with van der Waals surface area (Å²) in [5.74, 6) is 1.94. The first-order chi connectivity index (χ1) is 19.8. The molecule has 0 saturated heterocycles. The van der Waals surface area contributed by atoms with Crippen molar-refractivity contribution in [2.45, 2.75) is 13.5 Å². The van der Waals surface area contributed by atoms with E-state index in [1.165, 1.54) is 6.26 Å². The van der Waals surface area contributed by atoms with Crippen LogP contribution in [0.2, 0.25) is 0 Å². The van der Waals surface area contributed by atoms with Crippen molar-refractivity contribution in [3.63, 3.8) is 0 Å². The van der Waals surface area contributed by atoms with E-state index in [4.69, 9.17) is 4.74 Å². The molecule has 208 valence electrons. The minimum atomic E-state index is -2.98. The SMILES string of the molecule is Cc1cc(Nc2ncnc3ccc(-c4ccc(CNCCS(C)(=O)=O)s4)cc23)ccc1Oc1cc2nncn2cn1. The lowest BCUT2D eigenvalue weighted by molar-refractivity contribution is 0.458. The Hall–Kier alpha value is -4.46. The third kappa shape index (κ3) is 6.32. The second-order valence-corrected chi connectivity index (χ2v) is 13.0. The van der Waals surface area contributed by atoms with E-state index in [1.807, 2.05) is 37.3 Å². The molecule has 4 aromatic heterocycles. The molecule has 2 N–H and O–H groups in total. The highest BCUT2D eigenvalue weighted by atomic mass is 32.2. The van der Waals surface area contributed by atoms with Gasteiger partial charge < -0.3 is 15.4 Å². The second kappa shape index (κ2) is 11.2. The van der Waals surface area contributed by atoms with Gasteiger partial charge in [0.05, 0.1) is 11.3 Å². The van der Waals surface area contributed by atoms with Crippen molar-refractivity contribution in [3.8, 4) is 22.1 Å². The number of fused-ring (bicyclic) bond motifs is 2. The average molecular weight is 587 g/mol. The summed E-state index contributed by atoms with van der Waals surface area (Å²) in [5, 5.41) is 15.4. The van der Waals surface area contributed by atoms with Crippen LogP contribution >= 0.6 is 11.3 Å². The quantitative estimate of drug-likeness (QED) is 0.216. The predicted molar refractivity (Wildman–Crippen MR) is 160 cm³/mol. The van der Waals surface area contributed by atoms with Crippen molar-refractivity contribution in [1.82, 2.24) is 34.9 Å². The van der Waals surface area contributed by atoms with Crippen LogP contribution in [0.3, 0.4) is 0 Å². The first-order valence-electron chi connectivity index (χ1n) is 12.7. The third-order valence-electron chi connectivity index (χ3n) is 6.35. The zero-order valence-electron chi connectivity index (χ0n) is 22.3. The maximum Gasteiger partial charge on any atom is 0.224 e. The zero-order valence-corrected chi connectivity index (χ0v) is 23.9. The Balaban J connectivity index is 1.18. The maximum absolute atomic E-state index is 11.3. The number of rotatable bonds is 10. The molecule has 41 heavy (non-hydrogen) atoms. The molecule has 6 aromatic rings. The molecule has 4 heterocycles. The molecule has 0 saturated carbocycles. The van der Waals surface area contributed by atoms with E-state index >= 15 is 0 Å². The van der Waals surface area contributed by atoms with Crippen LogP contribution in [-0.4, -0.2) is 56.5 Å². The number of aryl methyl sites for hydroxylation is 1. The summed E-state index contributed by atoms with van der Waals surface area (Å²) in [7, 11) is -2.98. The molecule has 0 atom stereocenters. The van der Waals surface area contributed by atoms with Crippen molar-refractivity contribution < 1.29 is 13.2 Å². The molecule has 0 aliphatic carbocycles. The molecule has 11 nitrogen and oxygen atoms in total. The van der Waals surface area contributed by atoms with Crippen molar-refractivity contribution in [3.05, 3.63) is 84.0 Å². The molecule has 0 bridgehead atoms. The smallest absolute Gasteiger partial charge is 0.224 e. The van der Waals surface area contributed by atoms with E-state index in [9.17, 15) is 8.42 Å². The standard InChI is InChI=1S/C28H26N8O3S2/c1-18-11-20(4-7-24(18)39-27-13-26-35-33-17-36(26)16-32-27)34-28-22-12-19(3-6-23(22)30-15-31-28)25-8-5-21(40-25)14-29-9-10-41(2,37)38/h3-8,11-13,15-17,29H,9-10,14H2,1-2H3,(H,30,31,34). The molecule has 0 radical (unpaired) electrons. The molecular formula is C28H26N8O3S2. The lowest BCUT2D eigenvalue weighted by Crippen LogP contribution is -2.21. The number of ether oxygens (including phenoxy) is 1. The van der Waals surface area contributed by atoms with Gasteiger partial charge in [0.15, 0.2) is 5.65 Å². The van der Waals surface area contributed by atoms with E-state index < -0.39 is 9.84 Å². The summed E-state index contributed by atoms with van der Waals surface area (Å²) >= 11 is 1.67. The van der Waals surface area contributed by atoms with Crippen molar-refractivity contribution in [2.75, 3.05) is 23.9 Å². The molecule has 13 heteroatoms. The number of benzene rings is 2. The molecule has 0 fully saturated rings. The molecule has 0 aliphatic rings. The number of nitrogens with one attached hydrogen (secondary N) is 2. The maximum atomic E-state index is 11.3. The predicted octanol–water partition coefficient (Wildman–Crippen LogP) is 4.77. The van der Waals surface area contributed by atoms with E-state index in [2.05, 4.69) is 54.0 Å². The number of thiophene rings is 1. The number of nitrogens with zero attached hydrogens (tertiary/aromatic N) is 6. The molecule has 6 rings (SSSR count). The fraction of sp³-hybridized carbons (Fsp3) is 0.179. The van der Waals surface area contributed by atoms with Crippen LogP contribution in [0.4, 0.5) is 11.5 Å². The molecule has 2 aromatic carbocycles. The Morgan fingerprint density at radius 2 is 1.90 bits per heavy atom. The highest BCUT2D eigenvalue weighted by Crippen LogP contribution is 2.33. The minimum absolute atomic E-state index is 0.123. The van der Waals surface area contributed by atoms with Gasteiger partial charge in [-0.2, -0.15) is 0 Å².